The third-order valence-electron chi connectivity index (χ3n) is 4.94. The lowest BCUT2D eigenvalue weighted by Crippen LogP contribution is -2.11. The molecule has 0 atom stereocenters. The lowest BCUT2D eigenvalue weighted by atomic mass is 10.1. The van der Waals surface area contributed by atoms with E-state index in [0.29, 0.717) is 22.2 Å². The molecular formula is C22H25ClN4O5S. The topological polar surface area (TPSA) is 115 Å². The van der Waals surface area contributed by atoms with E-state index in [9.17, 15) is 13.5 Å². The lowest BCUT2D eigenvalue weighted by molar-refractivity contribution is 0.217. The zero-order chi connectivity index (χ0) is 24.3. The number of methoxy groups -OCH3 is 2. The van der Waals surface area contributed by atoms with Crippen LogP contribution in [0.2, 0.25) is 5.02 Å². The van der Waals surface area contributed by atoms with E-state index in [4.69, 9.17) is 21.1 Å². The van der Waals surface area contributed by atoms with Gasteiger partial charge in [0.25, 0.3) is 0 Å². The Hall–Kier alpha value is -2.95. The van der Waals surface area contributed by atoms with E-state index in [2.05, 4.69) is 15.3 Å². The lowest BCUT2D eigenvalue weighted by Gasteiger charge is -2.10. The van der Waals surface area contributed by atoms with Crippen molar-refractivity contribution >= 4 is 32.8 Å². The summed E-state index contributed by atoms with van der Waals surface area (Å²) in [6, 6.07) is 8.01. The van der Waals surface area contributed by atoms with E-state index in [-0.39, 0.29) is 34.5 Å². The maximum Gasteiger partial charge on any atom is 0.243 e. The molecule has 1 aromatic heterocycles. The van der Waals surface area contributed by atoms with E-state index in [1.165, 1.54) is 37.1 Å². The Kier molecular flexibility index (Phi) is 7.41. The standard InChI is InChI=1S/C22H25ClN4O5S/c1-13-10-14(2)21(17(23)11-13)27-22(28)20(15(3)26-27)25-24-18-12-16(6-7-19(18)32-5)33(29,30)9-8-31-4/h6-7,10-12,28H,8-9H2,1-5H3. The van der Waals surface area contributed by atoms with Gasteiger partial charge in [-0.2, -0.15) is 9.78 Å². The van der Waals surface area contributed by atoms with Crippen molar-refractivity contribution in [3.8, 4) is 17.3 Å². The highest BCUT2D eigenvalue weighted by molar-refractivity contribution is 7.91. The number of halogens is 1. The molecule has 1 heterocycles. The number of nitrogens with zero attached hydrogens (tertiary/aromatic N) is 4. The highest BCUT2D eigenvalue weighted by Crippen LogP contribution is 2.38. The third kappa shape index (κ3) is 5.18. The number of aryl methyl sites for hydroxylation is 3. The largest absolute Gasteiger partial charge is 0.494 e. The van der Waals surface area contributed by atoms with Gasteiger partial charge in [0.15, 0.2) is 15.5 Å². The number of ether oxygens (including phenoxy) is 2. The minimum atomic E-state index is -3.58. The van der Waals surface area contributed by atoms with Crippen LogP contribution >= 0.6 is 11.6 Å². The number of hydrogen-bond donors (Lipinski definition) is 1. The monoisotopic (exact) mass is 492 g/mol. The SMILES string of the molecule is COCCS(=O)(=O)c1ccc(OC)c(N=Nc2c(C)nn(-c3c(C)cc(C)cc3Cl)c2O)c1. The first-order valence-electron chi connectivity index (χ1n) is 9.96. The first kappa shape index (κ1) is 24.7. The summed E-state index contributed by atoms with van der Waals surface area (Å²) in [5.41, 5.74) is 3.07. The Bertz CT molecular complexity index is 1300. The smallest absolute Gasteiger partial charge is 0.243 e. The van der Waals surface area contributed by atoms with Gasteiger partial charge in [-0.05, 0) is 56.2 Å². The van der Waals surface area contributed by atoms with E-state index >= 15 is 0 Å². The number of rotatable bonds is 8. The van der Waals surface area contributed by atoms with Crippen molar-refractivity contribution in [1.29, 1.82) is 0 Å². The van der Waals surface area contributed by atoms with Crippen LogP contribution in [0.5, 0.6) is 11.6 Å². The van der Waals surface area contributed by atoms with Crippen molar-refractivity contribution in [2.45, 2.75) is 25.7 Å². The maximum absolute atomic E-state index is 12.5. The highest BCUT2D eigenvalue weighted by atomic mass is 35.5. The van der Waals surface area contributed by atoms with E-state index in [0.717, 1.165) is 11.1 Å². The van der Waals surface area contributed by atoms with Crippen molar-refractivity contribution in [2.75, 3.05) is 26.6 Å². The van der Waals surface area contributed by atoms with E-state index in [1.807, 2.05) is 19.9 Å². The average molecular weight is 493 g/mol. The highest BCUT2D eigenvalue weighted by Gasteiger charge is 2.20. The summed E-state index contributed by atoms with van der Waals surface area (Å²) >= 11 is 6.40. The molecule has 0 unspecified atom stereocenters. The summed E-state index contributed by atoms with van der Waals surface area (Å²) in [6.07, 6.45) is 0. The molecule has 0 fully saturated rings. The Morgan fingerprint density at radius 2 is 1.85 bits per heavy atom. The Labute approximate surface area is 197 Å². The molecule has 33 heavy (non-hydrogen) atoms. The Morgan fingerprint density at radius 1 is 1.12 bits per heavy atom. The molecular weight excluding hydrogens is 468 g/mol. The van der Waals surface area contributed by atoms with E-state index in [1.54, 1.807) is 13.0 Å². The molecule has 0 saturated heterocycles. The number of hydrogen-bond acceptors (Lipinski definition) is 8. The van der Waals surface area contributed by atoms with Crippen molar-refractivity contribution in [2.24, 2.45) is 10.2 Å². The third-order valence-corrected chi connectivity index (χ3v) is 6.90. The van der Waals surface area contributed by atoms with Gasteiger partial charge in [0.1, 0.15) is 11.4 Å². The number of azo groups is 1. The van der Waals surface area contributed by atoms with Crippen molar-refractivity contribution < 1.29 is 23.0 Å². The van der Waals surface area contributed by atoms with Gasteiger partial charge in [-0.1, -0.05) is 17.7 Å². The molecule has 0 aliphatic rings. The number of benzene rings is 2. The molecule has 0 aliphatic heterocycles. The molecule has 0 amide bonds. The molecule has 11 heteroatoms. The van der Waals surface area contributed by atoms with Gasteiger partial charge in [-0.25, -0.2) is 8.42 Å². The normalized spacial score (nSPS) is 11.9. The van der Waals surface area contributed by atoms with Gasteiger partial charge in [0.2, 0.25) is 5.88 Å². The molecule has 0 spiro atoms. The van der Waals surface area contributed by atoms with E-state index < -0.39 is 9.84 Å². The molecule has 3 aromatic rings. The molecule has 2 aromatic carbocycles. The summed E-state index contributed by atoms with van der Waals surface area (Å²) in [4.78, 5) is 0.0630. The fourth-order valence-electron chi connectivity index (χ4n) is 3.31. The van der Waals surface area contributed by atoms with Crippen LogP contribution in [-0.2, 0) is 14.6 Å². The zero-order valence-electron chi connectivity index (χ0n) is 19.0. The second kappa shape index (κ2) is 9.90. The predicted molar refractivity (Wildman–Crippen MR) is 126 cm³/mol. The number of aromatic hydroxyl groups is 1. The van der Waals surface area contributed by atoms with Crippen LogP contribution in [0.15, 0.2) is 45.5 Å². The van der Waals surface area contributed by atoms with Crippen molar-refractivity contribution in [3.05, 3.63) is 52.2 Å². The molecule has 0 saturated carbocycles. The average Bonchev–Trinajstić information content (AvgIpc) is 3.03. The Morgan fingerprint density at radius 3 is 2.48 bits per heavy atom. The fourth-order valence-corrected chi connectivity index (χ4v) is 4.90. The quantitative estimate of drug-likeness (QED) is 0.442. The van der Waals surface area contributed by atoms with Crippen LogP contribution in [0, 0.1) is 20.8 Å². The molecule has 0 bridgehead atoms. The Balaban J connectivity index is 2.04. The molecule has 0 aliphatic carbocycles. The van der Waals surface area contributed by atoms with Crippen LogP contribution in [0.1, 0.15) is 16.8 Å². The van der Waals surface area contributed by atoms with Crippen LogP contribution in [0.25, 0.3) is 5.69 Å². The van der Waals surface area contributed by atoms with Gasteiger partial charge in [-0.3, -0.25) is 0 Å². The number of aromatic nitrogens is 2. The molecule has 0 radical (unpaired) electrons. The van der Waals surface area contributed by atoms with Gasteiger partial charge in [0, 0.05) is 7.11 Å². The van der Waals surface area contributed by atoms with Crippen LogP contribution < -0.4 is 4.74 Å². The summed E-state index contributed by atoms with van der Waals surface area (Å²) < 4.78 is 36.5. The minimum Gasteiger partial charge on any atom is -0.494 e. The molecule has 9 nitrogen and oxygen atoms in total. The minimum absolute atomic E-state index is 0.0630. The summed E-state index contributed by atoms with van der Waals surface area (Å²) in [7, 11) is -0.702. The summed E-state index contributed by atoms with van der Waals surface area (Å²) in [5, 5.41) is 23.9. The van der Waals surface area contributed by atoms with Gasteiger partial charge >= 0.3 is 0 Å². The first-order chi connectivity index (χ1) is 15.6. The second-order valence-electron chi connectivity index (χ2n) is 7.43. The molecule has 176 valence electrons. The van der Waals surface area contributed by atoms with Crippen LogP contribution in [0.4, 0.5) is 11.4 Å². The molecule has 1 N–H and O–H groups in total. The second-order valence-corrected chi connectivity index (χ2v) is 9.94. The van der Waals surface area contributed by atoms with Crippen LogP contribution in [-0.4, -0.2) is 49.9 Å². The van der Waals surface area contributed by atoms with Crippen molar-refractivity contribution in [1.82, 2.24) is 9.78 Å². The van der Waals surface area contributed by atoms with Gasteiger partial charge < -0.3 is 14.6 Å². The van der Waals surface area contributed by atoms with Crippen molar-refractivity contribution in [3.63, 3.8) is 0 Å². The first-order valence-corrected chi connectivity index (χ1v) is 12.0. The van der Waals surface area contributed by atoms with Gasteiger partial charge in [0.05, 0.1) is 40.8 Å². The summed E-state index contributed by atoms with van der Waals surface area (Å²) in [6.45, 7) is 5.53. The maximum atomic E-state index is 12.5. The molecule has 3 rings (SSSR count). The predicted octanol–water partition coefficient (Wildman–Crippen LogP) is 5.00. The fraction of sp³-hybridized carbons (Fsp3) is 0.318. The summed E-state index contributed by atoms with van der Waals surface area (Å²) in [5.74, 6) is -0.0882. The number of sulfone groups is 1. The zero-order valence-corrected chi connectivity index (χ0v) is 20.5. The van der Waals surface area contributed by atoms with Crippen LogP contribution in [0.3, 0.4) is 0 Å². The van der Waals surface area contributed by atoms with Gasteiger partial charge in [-0.15, -0.1) is 10.2 Å².